The van der Waals surface area contributed by atoms with Gasteiger partial charge in [0.25, 0.3) is 5.22 Å². The monoisotopic (exact) mass is 469 g/mol. The van der Waals surface area contributed by atoms with E-state index >= 15 is 0 Å². The van der Waals surface area contributed by atoms with E-state index < -0.39 is 0 Å². The smallest absolute Gasteiger partial charge is 0.277 e. The van der Waals surface area contributed by atoms with Gasteiger partial charge in [0.2, 0.25) is 17.8 Å². The maximum absolute atomic E-state index is 5.85. The highest BCUT2D eigenvalue weighted by molar-refractivity contribution is 9.10. The number of nitrogens with one attached hydrogen (secondary N) is 1. The summed E-state index contributed by atoms with van der Waals surface area (Å²) in [5.74, 6) is 1.92. The van der Waals surface area contributed by atoms with E-state index in [0.29, 0.717) is 28.6 Å². The Balaban J connectivity index is 1.45. The van der Waals surface area contributed by atoms with Crippen LogP contribution in [0.25, 0.3) is 11.5 Å². The van der Waals surface area contributed by atoms with Crippen molar-refractivity contribution < 1.29 is 4.42 Å². The van der Waals surface area contributed by atoms with Crippen LogP contribution in [0.3, 0.4) is 0 Å². The second-order valence-electron chi connectivity index (χ2n) is 6.04. The maximum atomic E-state index is 5.85. The van der Waals surface area contributed by atoms with Crippen LogP contribution in [-0.4, -0.2) is 25.1 Å². The summed E-state index contributed by atoms with van der Waals surface area (Å²) in [4.78, 5) is 12.8. The van der Waals surface area contributed by atoms with Crippen LogP contribution in [0.5, 0.6) is 0 Å². The second kappa shape index (κ2) is 8.58. The molecule has 2 aromatic heterocycles. The van der Waals surface area contributed by atoms with Gasteiger partial charge in [0.1, 0.15) is 5.82 Å². The predicted octanol–water partition coefficient (Wildman–Crippen LogP) is 4.61. The quantitative estimate of drug-likeness (QED) is 0.390. The Morgan fingerprint density at radius 3 is 2.62 bits per heavy atom. The van der Waals surface area contributed by atoms with E-state index in [4.69, 9.17) is 10.2 Å². The highest BCUT2D eigenvalue weighted by atomic mass is 79.9. The Labute approximate surface area is 179 Å². The number of thioether (sulfide) groups is 1. The zero-order chi connectivity index (χ0) is 20.2. The molecule has 0 bridgehead atoms. The average molecular weight is 470 g/mol. The zero-order valence-electron chi connectivity index (χ0n) is 15.3. The van der Waals surface area contributed by atoms with E-state index in [1.807, 2.05) is 55.5 Å². The number of nitrogen functional groups attached to an aromatic ring is 1. The molecule has 0 saturated carbocycles. The van der Waals surface area contributed by atoms with Crippen molar-refractivity contribution in [1.82, 2.24) is 25.1 Å². The fraction of sp³-hybridized carbons (Fsp3) is 0.105. The van der Waals surface area contributed by atoms with Crippen LogP contribution in [0.1, 0.15) is 11.4 Å². The summed E-state index contributed by atoms with van der Waals surface area (Å²) in [5.41, 5.74) is 8.68. The van der Waals surface area contributed by atoms with Crippen molar-refractivity contribution in [3.8, 4) is 11.5 Å². The highest BCUT2D eigenvalue weighted by Gasteiger charge is 2.12. The summed E-state index contributed by atoms with van der Waals surface area (Å²) in [5, 5.41) is 11.8. The van der Waals surface area contributed by atoms with E-state index in [1.165, 1.54) is 11.8 Å². The maximum Gasteiger partial charge on any atom is 0.277 e. The molecule has 0 fully saturated rings. The van der Waals surface area contributed by atoms with Crippen molar-refractivity contribution in [3.63, 3.8) is 0 Å². The number of nitrogens with zero attached hydrogens (tertiary/aromatic N) is 5. The Bertz CT molecular complexity index is 1130. The second-order valence-corrected chi connectivity index (χ2v) is 7.88. The van der Waals surface area contributed by atoms with Gasteiger partial charge in [-0.1, -0.05) is 45.9 Å². The lowest BCUT2D eigenvalue weighted by atomic mass is 10.2. The average Bonchev–Trinajstić information content (AvgIpc) is 3.17. The number of benzene rings is 2. The van der Waals surface area contributed by atoms with Gasteiger partial charge in [-0.2, -0.15) is 15.0 Å². The van der Waals surface area contributed by atoms with Crippen molar-refractivity contribution in [1.29, 1.82) is 0 Å². The molecule has 0 saturated heterocycles. The van der Waals surface area contributed by atoms with Crippen molar-refractivity contribution in [2.75, 3.05) is 11.1 Å². The minimum atomic E-state index is 0.146. The van der Waals surface area contributed by atoms with Gasteiger partial charge in [-0.25, -0.2) is 0 Å². The Morgan fingerprint density at radius 2 is 1.83 bits per heavy atom. The number of nitrogens with two attached hydrogens (primary N) is 1. The molecule has 3 N–H and O–H groups in total. The van der Waals surface area contributed by atoms with Crippen molar-refractivity contribution in [2.24, 2.45) is 0 Å². The van der Waals surface area contributed by atoms with E-state index in [9.17, 15) is 0 Å². The lowest BCUT2D eigenvalue weighted by molar-refractivity contribution is 0.465. The summed E-state index contributed by atoms with van der Waals surface area (Å²) in [6.07, 6.45) is 0. The minimum Gasteiger partial charge on any atom is -0.411 e. The van der Waals surface area contributed by atoms with Crippen LogP contribution in [-0.2, 0) is 5.75 Å². The molecule has 2 aromatic carbocycles. The highest BCUT2D eigenvalue weighted by Crippen LogP contribution is 2.26. The van der Waals surface area contributed by atoms with E-state index in [0.717, 1.165) is 21.3 Å². The molecule has 0 unspecified atom stereocenters. The number of rotatable bonds is 6. The van der Waals surface area contributed by atoms with Crippen LogP contribution in [0.4, 0.5) is 17.6 Å². The normalized spacial score (nSPS) is 10.8. The van der Waals surface area contributed by atoms with Crippen LogP contribution in [0.15, 0.2) is 62.6 Å². The molecule has 4 aromatic rings. The number of aromatic nitrogens is 5. The summed E-state index contributed by atoms with van der Waals surface area (Å²) in [6.45, 7) is 2.00. The molecule has 146 valence electrons. The summed E-state index contributed by atoms with van der Waals surface area (Å²) < 4.78 is 6.69. The third-order valence-electron chi connectivity index (χ3n) is 3.91. The van der Waals surface area contributed by atoms with E-state index in [1.54, 1.807) is 0 Å². The number of para-hydroxylation sites is 1. The molecule has 0 atom stereocenters. The molecule has 8 nitrogen and oxygen atoms in total. The van der Waals surface area contributed by atoms with Crippen LogP contribution in [0, 0.1) is 6.92 Å². The van der Waals surface area contributed by atoms with Crippen LogP contribution >= 0.6 is 27.7 Å². The first kappa shape index (κ1) is 19.3. The third kappa shape index (κ3) is 4.90. The van der Waals surface area contributed by atoms with Crippen molar-refractivity contribution >= 4 is 45.3 Å². The minimum absolute atomic E-state index is 0.146. The Kier molecular flexibility index (Phi) is 5.72. The number of hydrogen-bond donors (Lipinski definition) is 2. The standard InChI is InChI=1S/C19H16BrN7OS/c1-11-4-2-3-5-14(11)22-18-24-15(23-17(21)25-18)10-29-19-27-26-16(28-19)12-6-8-13(20)9-7-12/h2-9H,10H2,1H3,(H3,21,22,23,24,25). The Morgan fingerprint density at radius 1 is 1.03 bits per heavy atom. The third-order valence-corrected chi connectivity index (χ3v) is 5.26. The molecule has 0 spiro atoms. The molecule has 0 aliphatic rings. The first-order valence-corrected chi connectivity index (χ1v) is 10.4. The Hall–Kier alpha value is -2.98. The molecule has 10 heteroatoms. The molecule has 0 aliphatic carbocycles. The van der Waals surface area contributed by atoms with E-state index in [2.05, 4.69) is 46.4 Å². The van der Waals surface area contributed by atoms with E-state index in [-0.39, 0.29) is 5.95 Å². The molecule has 0 amide bonds. The van der Waals surface area contributed by atoms with Gasteiger partial charge in [0.15, 0.2) is 0 Å². The summed E-state index contributed by atoms with van der Waals surface area (Å²) in [7, 11) is 0. The molecule has 4 rings (SSSR count). The van der Waals surface area contributed by atoms with Crippen molar-refractivity contribution in [2.45, 2.75) is 17.9 Å². The fourth-order valence-electron chi connectivity index (χ4n) is 2.50. The number of hydrogen-bond acceptors (Lipinski definition) is 9. The molecule has 0 radical (unpaired) electrons. The van der Waals surface area contributed by atoms with Gasteiger partial charge in [0, 0.05) is 15.7 Å². The first-order valence-electron chi connectivity index (χ1n) is 8.62. The first-order chi connectivity index (χ1) is 14.1. The predicted molar refractivity (Wildman–Crippen MR) is 116 cm³/mol. The van der Waals surface area contributed by atoms with Gasteiger partial charge in [-0.3, -0.25) is 0 Å². The van der Waals surface area contributed by atoms with Crippen LogP contribution in [0.2, 0.25) is 0 Å². The van der Waals surface area contributed by atoms with Gasteiger partial charge < -0.3 is 15.5 Å². The topological polar surface area (TPSA) is 116 Å². The van der Waals surface area contributed by atoms with Crippen LogP contribution < -0.4 is 11.1 Å². The number of halogens is 1. The molecular weight excluding hydrogens is 454 g/mol. The SMILES string of the molecule is Cc1ccccc1Nc1nc(N)nc(CSc2nnc(-c3ccc(Br)cc3)o2)n1. The van der Waals surface area contributed by atoms with Gasteiger partial charge in [-0.15, -0.1) is 10.2 Å². The van der Waals surface area contributed by atoms with Gasteiger partial charge in [0.05, 0.1) is 5.75 Å². The van der Waals surface area contributed by atoms with Gasteiger partial charge >= 0.3 is 0 Å². The lowest BCUT2D eigenvalue weighted by Gasteiger charge is -2.09. The zero-order valence-corrected chi connectivity index (χ0v) is 17.7. The number of anilines is 3. The number of aryl methyl sites for hydroxylation is 1. The molecule has 29 heavy (non-hydrogen) atoms. The molecule has 2 heterocycles. The fourth-order valence-corrected chi connectivity index (χ4v) is 3.38. The van der Waals surface area contributed by atoms with Crippen molar-refractivity contribution in [3.05, 3.63) is 64.4 Å². The molecule has 0 aliphatic heterocycles. The largest absolute Gasteiger partial charge is 0.411 e. The lowest BCUT2D eigenvalue weighted by Crippen LogP contribution is -2.07. The van der Waals surface area contributed by atoms with Gasteiger partial charge in [-0.05, 0) is 42.8 Å². The summed E-state index contributed by atoms with van der Waals surface area (Å²) in [6, 6.07) is 15.5. The summed E-state index contributed by atoms with van der Waals surface area (Å²) >= 11 is 4.74. The molecular formula is C19H16BrN7OS.